The van der Waals surface area contributed by atoms with Gasteiger partial charge in [-0.2, -0.15) is 0 Å². The van der Waals surface area contributed by atoms with Gasteiger partial charge in [0, 0.05) is 31.9 Å². The number of rotatable bonds is 5. The number of nitrogens with zero attached hydrogens (tertiary/aromatic N) is 3. The molecule has 32 heavy (non-hydrogen) atoms. The summed E-state index contributed by atoms with van der Waals surface area (Å²) in [6, 6.07) is 14.0. The largest absolute Gasteiger partial charge is 0.371 e. The number of hydrogen-bond acceptors (Lipinski definition) is 4. The summed E-state index contributed by atoms with van der Waals surface area (Å²) in [5, 5.41) is 0.515. The van der Waals surface area contributed by atoms with Crippen LogP contribution in [0.4, 0.5) is 5.69 Å². The molecule has 2 aliphatic heterocycles. The molecule has 6 nitrogen and oxygen atoms in total. The van der Waals surface area contributed by atoms with E-state index in [1.165, 1.54) is 12.0 Å². The van der Waals surface area contributed by atoms with Crippen LogP contribution in [-0.2, 0) is 27.8 Å². The molecule has 2 atom stereocenters. The van der Waals surface area contributed by atoms with Gasteiger partial charge in [0.15, 0.2) is 5.16 Å². The number of piperidine rings is 1. The molecule has 0 spiro atoms. The molecule has 0 radical (unpaired) electrons. The Morgan fingerprint density at radius 2 is 1.94 bits per heavy atom. The van der Waals surface area contributed by atoms with Crippen LogP contribution < -0.4 is 4.90 Å². The van der Waals surface area contributed by atoms with E-state index in [9.17, 15) is 9.00 Å². The van der Waals surface area contributed by atoms with Gasteiger partial charge in [0.25, 0.3) is 0 Å². The molecule has 5 rings (SSSR count). The summed E-state index contributed by atoms with van der Waals surface area (Å²) in [5.74, 6) is 0.700. The molecule has 3 heterocycles. The van der Waals surface area contributed by atoms with Crippen molar-refractivity contribution in [2.24, 2.45) is 5.92 Å². The maximum Gasteiger partial charge on any atom is 0.227 e. The fourth-order valence-corrected chi connectivity index (χ4v) is 6.17. The summed E-state index contributed by atoms with van der Waals surface area (Å²) in [5.41, 5.74) is 5.14. The van der Waals surface area contributed by atoms with Crippen molar-refractivity contribution in [3.63, 3.8) is 0 Å². The van der Waals surface area contributed by atoms with Crippen molar-refractivity contribution < 1.29 is 9.00 Å². The maximum absolute atomic E-state index is 13.2. The summed E-state index contributed by atoms with van der Waals surface area (Å²) < 4.78 is 13.2. The van der Waals surface area contributed by atoms with E-state index in [-0.39, 0.29) is 5.92 Å². The highest BCUT2D eigenvalue weighted by Crippen LogP contribution is 2.35. The number of nitrogens with one attached hydrogen (secondary N) is 1. The molecule has 1 fully saturated rings. The SMILES string of the molecule is CCN1CC(C(=O)N2CCCCC2)Cc2cccc(CS(=O)c3nc4ccccc4[nH]3)c21. The Balaban J connectivity index is 1.39. The highest BCUT2D eigenvalue weighted by atomic mass is 32.2. The Morgan fingerprint density at radius 3 is 2.72 bits per heavy atom. The number of carbonyl (C=O) groups is 1. The van der Waals surface area contributed by atoms with Crippen molar-refractivity contribution in [2.45, 2.75) is 43.5 Å². The molecule has 0 bridgehead atoms. The number of likely N-dealkylation sites (tertiary alicyclic amines) is 1. The lowest BCUT2D eigenvalue weighted by Crippen LogP contribution is -2.47. The van der Waals surface area contributed by atoms with Gasteiger partial charge in [0.05, 0.1) is 33.5 Å². The summed E-state index contributed by atoms with van der Waals surface area (Å²) in [6.07, 6.45) is 4.21. The lowest BCUT2D eigenvalue weighted by Gasteiger charge is -2.39. The third-order valence-corrected chi connectivity index (χ3v) is 7.89. The van der Waals surface area contributed by atoms with Crippen molar-refractivity contribution in [1.82, 2.24) is 14.9 Å². The molecule has 2 aliphatic rings. The second-order valence-electron chi connectivity index (χ2n) is 8.80. The number of benzene rings is 2. The molecule has 1 amide bonds. The van der Waals surface area contributed by atoms with Crippen LogP contribution >= 0.6 is 0 Å². The third kappa shape index (κ3) is 4.06. The average molecular weight is 451 g/mol. The Morgan fingerprint density at radius 1 is 1.12 bits per heavy atom. The van der Waals surface area contributed by atoms with Crippen LogP contribution in [0.15, 0.2) is 47.6 Å². The van der Waals surface area contributed by atoms with E-state index >= 15 is 0 Å². The van der Waals surface area contributed by atoms with Crippen LogP contribution in [0.25, 0.3) is 11.0 Å². The van der Waals surface area contributed by atoms with Crippen LogP contribution in [0.2, 0.25) is 0 Å². The minimum atomic E-state index is -1.27. The van der Waals surface area contributed by atoms with E-state index in [0.29, 0.717) is 16.8 Å². The first-order valence-corrected chi connectivity index (χ1v) is 12.9. The highest BCUT2D eigenvalue weighted by Gasteiger charge is 2.33. The molecule has 168 valence electrons. The van der Waals surface area contributed by atoms with Crippen molar-refractivity contribution in [1.29, 1.82) is 0 Å². The zero-order chi connectivity index (χ0) is 22.1. The average Bonchev–Trinajstić information content (AvgIpc) is 3.28. The van der Waals surface area contributed by atoms with Gasteiger partial charge >= 0.3 is 0 Å². The molecule has 1 aromatic heterocycles. The summed E-state index contributed by atoms with van der Waals surface area (Å²) in [4.78, 5) is 25.3. The molecule has 7 heteroatoms. The molecule has 3 aromatic rings. The molecule has 0 saturated carbocycles. The number of hydrogen-bond donors (Lipinski definition) is 1. The van der Waals surface area contributed by atoms with E-state index < -0.39 is 10.8 Å². The Hall–Kier alpha value is -2.67. The topological polar surface area (TPSA) is 69.3 Å². The highest BCUT2D eigenvalue weighted by molar-refractivity contribution is 7.84. The quantitative estimate of drug-likeness (QED) is 0.640. The van der Waals surface area contributed by atoms with Gasteiger partial charge in [-0.3, -0.25) is 9.00 Å². The van der Waals surface area contributed by atoms with Crippen LogP contribution in [0, 0.1) is 5.92 Å². The van der Waals surface area contributed by atoms with Crippen LogP contribution in [0.5, 0.6) is 0 Å². The first-order valence-electron chi connectivity index (χ1n) is 11.6. The first-order chi connectivity index (χ1) is 15.6. The summed E-state index contributed by atoms with van der Waals surface area (Å²) in [6.45, 7) is 5.47. The number of aromatic nitrogens is 2. The molecule has 0 aliphatic carbocycles. The van der Waals surface area contributed by atoms with Crippen LogP contribution in [0.1, 0.15) is 37.3 Å². The zero-order valence-electron chi connectivity index (χ0n) is 18.5. The predicted octanol–water partition coefficient (Wildman–Crippen LogP) is 3.88. The van der Waals surface area contributed by atoms with Gasteiger partial charge in [0.1, 0.15) is 0 Å². The second-order valence-corrected chi connectivity index (χ2v) is 10.2. The van der Waals surface area contributed by atoms with Gasteiger partial charge < -0.3 is 14.8 Å². The fourth-order valence-electron chi connectivity index (χ4n) is 5.09. The van der Waals surface area contributed by atoms with E-state index in [1.54, 1.807) is 0 Å². The van der Waals surface area contributed by atoms with E-state index in [1.807, 2.05) is 30.3 Å². The Labute approximate surface area is 191 Å². The second kappa shape index (κ2) is 9.06. The molecule has 2 aromatic carbocycles. The van der Waals surface area contributed by atoms with E-state index in [0.717, 1.165) is 67.7 Å². The number of imidazole rings is 1. The van der Waals surface area contributed by atoms with Gasteiger partial charge in [-0.25, -0.2) is 4.98 Å². The lowest BCUT2D eigenvalue weighted by atomic mass is 9.89. The minimum absolute atomic E-state index is 0.00308. The first kappa shape index (κ1) is 21.2. The van der Waals surface area contributed by atoms with Gasteiger partial charge in [-0.05, 0) is 55.9 Å². The van der Waals surface area contributed by atoms with E-state index in [4.69, 9.17) is 0 Å². The number of H-pyrrole nitrogens is 1. The van der Waals surface area contributed by atoms with Gasteiger partial charge in [-0.1, -0.05) is 30.3 Å². The zero-order valence-corrected chi connectivity index (χ0v) is 19.4. The lowest BCUT2D eigenvalue weighted by molar-refractivity contribution is -0.136. The van der Waals surface area contributed by atoms with Gasteiger partial charge in [0.2, 0.25) is 5.91 Å². The van der Waals surface area contributed by atoms with Crippen molar-refractivity contribution in [3.05, 3.63) is 53.6 Å². The molecule has 1 N–H and O–H groups in total. The number of carbonyl (C=O) groups excluding carboxylic acids is 1. The van der Waals surface area contributed by atoms with Crippen molar-refractivity contribution in [2.75, 3.05) is 31.1 Å². The molecular formula is C25H30N4O2S. The summed E-state index contributed by atoms with van der Waals surface area (Å²) in [7, 11) is -1.27. The standard InChI is InChI=1S/C25H30N4O2S/c1-2-28-16-20(24(30)29-13-6-3-7-14-29)15-18-9-8-10-19(23(18)28)17-32(31)25-26-21-11-4-5-12-22(21)27-25/h4-5,8-12,20H,2-3,6-7,13-17H2,1H3,(H,26,27). The van der Waals surface area contributed by atoms with Crippen molar-refractivity contribution >= 4 is 33.4 Å². The normalized spacial score (nSPS) is 19.7. The minimum Gasteiger partial charge on any atom is -0.371 e. The smallest absolute Gasteiger partial charge is 0.227 e. The molecule has 1 saturated heterocycles. The number of aromatic amines is 1. The number of fused-ring (bicyclic) bond motifs is 2. The number of anilines is 1. The Bertz CT molecular complexity index is 1120. The number of para-hydroxylation sites is 3. The predicted molar refractivity (Wildman–Crippen MR) is 128 cm³/mol. The van der Waals surface area contributed by atoms with Gasteiger partial charge in [-0.15, -0.1) is 0 Å². The summed E-state index contributed by atoms with van der Waals surface area (Å²) >= 11 is 0. The maximum atomic E-state index is 13.2. The monoisotopic (exact) mass is 450 g/mol. The Kier molecular flexibility index (Phi) is 6.00. The molecule has 2 unspecified atom stereocenters. The fraction of sp³-hybridized carbons (Fsp3) is 0.440. The van der Waals surface area contributed by atoms with Crippen LogP contribution in [-0.4, -0.2) is 51.2 Å². The number of amides is 1. The van der Waals surface area contributed by atoms with Crippen LogP contribution in [0.3, 0.4) is 0 Å². The van der Waals surface area contributed by atoms with E-state index in [2.05, 4.69) is 38.8 Å². The molecular weight excluding hydrogens is 420 g/mol. The third-order valence-electron chi connectivity index (χ3n) is 6.70. The van der Waals surface area contributed by atoms with Crippen molar-refractivity contribution in [3.8, 4) is 0 Å².